The van der Waals surface area contributed by atoms with Gasteiger partial charge < -0.3 is 5.11 Å². The van der Waals surface area contributed by atoms with Crippen LogP contribution in [0.1, 0.15) is 5.56 Å². The molecule has 3 rings (SSSR count). The third kappa shape index (κ3) is 3.10. The van der Waals surface area contributed by atoms with Gasteiger partial charge in [0.25, 0.3) is 0 Å². The van der Waals surface area contributed by atoms with Crippen molar-refractivity contribution in [3.05, 3.63) is 103 Å². The van der Waals surface area contributed by atoms with Crippen LogP contribution in [0.5, 0.6) is 0 Å². The molecule has 108 valence electrons. The lowest BCUT2D eigenvalue weighted by molar-refractivity contribution is 0.477. The third-order valence-electron chi connectivity index (χ3n) is 3.46. The van der Waals surface area contributed by atoms with E-state index in [1.54, 1.807) is 0 Å². The number of rotatable bonds is 4. The predicted octanol–water partition coefficient (Wildman–Crippen LogP) is 4.68. The lowest BCUT2D eigenvalue weighted by Crippen LogP contribution is -2.12. The molecule has 0 aliphatic carbocycles. The summed E-state index contributed by atoms with van der Waals surface area (Å²) in [5, 5.41) is 13.4. The van der Waals surface area contributed by atoms with Crippen molar-refractivity contribution >= 4 is 23.8 Å². The molecule has 0 aliphatic heterocycles. The van der Waals surface area contributed by atoms with E-state index in [1.165, 1.54) is 16.9 Å². The molecule has 0 aliphatic rings. The Hall–Kier alpha value is -2.37. The van der Waals surface area contributed by atoms with Crippen molar-refractivity contribution in [2.75, 3.05) is 0 Å². The van der Waals surface area contributed by atoms with Crippen LogP contribution < -0.4 is 10.6 Å². The van der Waals surface area contributed by atoms with E-state index in [9.17, 15) is 5.11 Å². The van der Waals surface area contributed by atoms with E-state index in [0.717, 1.165) is 10.9 Å². The molecule has 0 saturated carbocycles. The highest BCUT2D eigenvalue weighted by molar-refractivity contribution is 7.82. The SMILES string of the molecule is O/C=C(\c1ccccc1)P(c1ccccc1)c1ccccc1. The minimum absolute atomic E-state index is 0.780. The first-order valence-corrected chi connectivity index (χ1v) is 8.54. The summed E-state index contributed by atoms with van der Waals surface area (Å²) in [4.78, 5) is 0. The second kappa shape index (κ2) is 7.06. The summed E-state index contributed by atoms with van der Waals surface area (Å²) >= 11 is 0. The molecule has 0 radical (unpaired) electrons. The van der Waals surface area contributed by atoms with Gasteiger partial charge in [-0.15, -0.1) is 0 Å². The molecule has 0 fully saturated rings. The monoisotopic (exact) mass is 304 g/mol. The van der Waals surface area contributed by atoms with Gasteiger partial charge in [-0.2, -0.15) is 0 Å². The maximum atomic E-state index is 9.93. The Bertz CT molecular complexity index is 697. The molecule has 0 heterocycles. The average molecular weight is 304 g/mol. The third-order valence-corrected chi connectivity index (χ3v) is 5.95. The highest BCUT2D eigenvalue weighted by Gasteiger charge is 2.20. The van der Waals surface area contributed by atoms with Gasteiger partial charge in [0.05, 0.1) is 6.26 Å². The minimum atomic E-state index is -0.780. The van der Waals surface area contributed by atoms with E-state index in [-0.39, 0.29) is 0 Å². The lowest BCUT2D eigenvalue weighted by Gasteiger charge is -2.21. The molecule has 0 bridgehead atoms. The van der Waals surface area contributed by atoms with E-state index >= 15 is 0 Å². The second-order valence-electron chi connectivity index (χ2n) is 4.89. The van der Waals surface area contributed by atoms with Crippen LogP contribution in [-0.2, 0) is 0 Å². The first-order valence-electron chi connectivity index (χ1n) is 7.20. The summed E-state index contributed by atoms with van der Waals surface area (Å²) in [7, 11) is -0.780. The Morgan fingerprint density at radius 3 is 1.45 bits per heavy atom. The average Bonchev–Trinajstić information content (AvgIpc) is 2.62. The fraction of sp³-hybridized carbons (Fsp3) is 0. The van der Waals surface area contributed by atoms with Crippen molar-refractivity contribution in [2.24, 2.45) is 0 Å². The van der Waals surface area contributed by atoms with Crippen molar-refractivity contribution in [3.63, 3.8) is 0 Å². The molecule has 0 aromatic heterocycles. The number of aliphatic hydroxyl groups is 1. The smallest absolute Gasteiger partial charge is 0.0881 e. The van der Waals surface area contributed by atoms with Gasteiger partial charge in [0, 0.05) is 5.31 Å². The lowest BCUT2D eigenvalue weighted by atomic mass is 10.2. The van der Waals surface area contributed by atoms with E-state index < -0.39 is 7.92 Å². The quantitative estimate of drug-likeness (QED) is 0.548. The highest BCUT2D eigenvalue weighted by Crippen LogP contribution is 2.48. The maximum Gasteiger partial charge on any atom is 0.0881 e. The van der Waals surface area contributed by atoms with E-state index in [2.05, 4.69) is 24.3 Å². The largest absolute Gasteiger partial charge is 0.515 e. The number of hydrogen-bond acceptors (Lipinski definition) is 1. The van der Waals surface area contributed by atoms with Crippen LogP contribution in [0.25, 0.3) is 5.31 Å². The summed E-state index contributed by atoms with van der Waals surface area (Å²) in [6, 6.07) is 30.8. The molecule has 0 unspecified atom stereocenters. The highest BCUT2D eigenvalue weighted by atomic mass is 31.1. The van der Waals surface area contributed by atoms with Crippen molar-refractivity contribution in [2.45, 2.75) is 0 Å². The Labute approximate surface area is 132 Å². The van der Waals surface area contributed by atoms with Gasteiger partial charge in [0.2, 0.25) is 0 Å². The first kappa shape index (κ1) is 14.6. The second-order valence-corrected chi connectivity index (χ2v) is 7.07. The fourth-order valence-electron chi connectivity index (χ4n) is 2.45. The summed E-state index contributed by atoms with van der Waals surface area (Å²) in [5.41, 5.74) is 1.06. The topological polar surface area (TPSA) is 20.2 Å². The molecular formula is C20H17OP. The van der Waals surface area contributed by atoms with Crippen molar-refractivity contribution in [3.8, 4) is 0 Å². The van der Waals surface area contributed by atoms with Crippen LogP contribution >= 0.6 is 7.92 Å². The zero-order valence-corrected chi connectivity index (χ0v) is 13.0. The van der Waals surface area contributed by atoms with Crippen LogP contribution in [0.2, 0.25) is 0 Å². The minimum Gasteiger partial charge on any atom is -0.515 e. The van der Waals surface area contributed by atoms with E-state index in [4.69, 9.17) is 0 Å². The molecule has 0 amide bonds. The summed E-state index contributed by atoms with van der Waals surface area (Å²) in [5.74, 6) is 0. The zero-order valence-electron chi connectivity index (χ0n) is 12.1. The van der Waals surface area contributed by atoms with Crippen LogP contribution in [-0.4, -0.2) is 5.11 Å². The molecule has 0 saturated heterocycles. The molecule has 0 atom stereocenters. The van der Waals surface area contributed by atoms with Crippen LogP contribution in [0.15, 0.2) is 97.3 Å². The molecule has 1 nitrogen and oxygen atoms in total. The molecular weight excluding hydrogens is 287 g/mol. The Morgan fingerprint density at radius 1 is 0.636 bits per heavy atom. The summed E-state index contributed by atoms with van der Waals surface area (Å²) < 4.78 is 0. The molecule has 1 N–H and O–H groups in total. The normalized spacial score (nSPS) is 11.6. The summed E-state index contributed by atoms with van der Waals surface area (Å²) in [6.45, 7) is 0. The van der Waals surface area contributed by atoms with Gasteiger partial charge in [-0.25, -0.2) is 0 Å². The van der Waals surface area contributed by atoms with Crippen molar-refractivity contribution in [1.29, 1.82) is 0 Å². The molecule has 0 spiro atoms. The van der Waals surface area contributed by atoms with E-state index in [1.807, 2.05) is 66.7 Å². The molecule has 3 aromatic rings. The van der Waals surface area contributed by atoms with Gasteiger partial charge >= 0.3 is 0 Å². The van der Waals surface area contributed by atoms with Gasteiger partial charge in [-0.3, -0.25) is 0 Å². The van der Waals surface area contributed by atoms with Gasteiger partial charge in [0.15, 0.2) is 0 Å². The van der Waals surface area contributed by atoms with E-state index in [0.29, 0.717) is 0 Å². The van der Waals surface area contributed by atoms with Gasteiger partial charge in [0.1, 0.15) is 0 Å². The maximum absolute atomic E-state index is 9.93. The van der Waals surface area contributed by atoms with Crippen molar-refractivity contribution in [1.82, 2.24) is 0 Å². The van der Waals surface area contributed by atoms with Gasteiger partial charge in [-0.05, 0) is 24.1 Å². The summed E-state index contributed by atoms with van der Waals surface area (Å²) in [6.07, 6.45) is 1.26. The predicted molar refractivity (Wildman–Crippen MR) is 96.1 cm³/mol. The van der Waals surface area contributed by atoms with Crippen LogP contribution in [0.4, 0.5) is 0 Å². The molecule has 3 aromatic carbocycles. The molecule has 22 heavy (non-hydrogen) atoms. The Kier molecular flexibility index (Phi) is 4.68. The van der Waals surface area contributed by atoms with Crippen LogP contribution in [0, 0.1) is 0 Å². The van der Waals surface area contributed by atoms with Crippen LogP contribution in [0.3, 0.4) is 0 Å². The number of hydrogen-bond donors (Lipinski definition) is 1. The zero-order chi connectivity index (χ0) is 15.2. The van der Waals surface area contributed by atoms with Gasteiger partial charge in [-0.1, -0.05) is 91.0 Å². The van der Waals surface area contributed by atoms with Crippen molar-refractivity contribution < 1.29 is 5.11 Å². The number of aliphatic hydroxyl groups excluding tert-OH is 1. The fourth-order valence-corrected chi connectivity index (χ4v) is 4.77. The Morgan fingerprint density at radius 2 is 1.05 bits per heavy atom. The Balaban J connectivity index is 2.14. The molecule has 2 heteroatoms. The number of benzene rings is 3. The standard InChI is InChI=1S/C20H17OP/c21-16-20(17-10-4-1-5-11-17)22(18-12-6-2-7-13-18)19-14-8-3-9-15-19/h1-16,21H/b20-16+. The first-order chi connectivity index (χ1) is 10.9.